The quantitative estimate of drug-likeness (QED) is 0.396. The maximum atomic E-state index is 5.16. The van der Waals surface area contributed by atoms with Crippen molar-refractivity contribution in [3.8, 4) is 0 Å². The molecule has 27 heavy (non-hydrogen) atoms. The second-order valence-electron chi connectivity index (χ2n) is 7.68. The third-order valence-electron chi connectivity index (χ3n) is 5.81. The van der Waals surface area contributed by atoms with E-state index in [1.54, 1.807) is 0 Å². The number of para-hydroxylation sites is 2. The van der Waals surface area contributed by atoms with Crippen LogP contribution in [0.4, 0.5) is 11.4 Å². The van der Waals surface area contributed by atoms with Gasteiger partial charge in [-0.2, -0.15) is 0 Å². The topological polar surface area (TPSA) is 24.7 Å². The van der Waals surface area contributed by atoms with Crippen LogP contribution in [0.1, 0.15) is 41.5 Å². The first kappa shape index (κ1) is 21.6. The summed E-state index contributed by atoms with van der Waals surface area (Å²) in [5.74, 6) is 1.18. The molecule has 3 heteroatoms. The van der Waals surface area contributed by atoms with Crippen LogP contribution in [-0.4, -0.2) is 11.4 Å². The fraction of sp³-hybridized carbons (Fsp3) is 0.375. The molecule has 0 spiro atoms. The molecule has 2 atom stereocenters. The second-order valence-corrected chi connectivity index (χ2v) is 7.68. The van der Waals surface area contributed by atoms with E-state index in [0.29, 0.717) is 11.8 Å². The second kappa shape index (κ2) is 8.52. The maximum Gasteiger partial charge on any atom is 2.00 e. The molecule has 0 amide bonds. The van der Waals surface area contributed by atoms with E-state index >= 15 is 0 Å². The van der Waals surface area contributed by atoms with E-state index in [2.05, 4.69) is 64.1 Å². The van der Waals surface area contributed by atoms with Crippen molar-refractivity contribution in [1.82, 2.24) is 0 Å². The first-order chi connectivity index (χ1) is 12.0. The van der Waals surface area contributed by atoms with E-state index in [0.717, 1.165) is 11.4 Å². The molecule has 0 radical (unpaired) electrons. The van der Waals surface area contributed by atoms with Crippen molar-refractivity contribution in [3.05, 3.63) is 66.1 Å². The summed E-state index contributed by atoms with van der Waals surface area (Å²) < 4.78 is 0. The van der Waals surface area contributed by atoms with Gasteiger partial charge in [-0.25, -0.2) is 0 Å². The summed E-state index contributed by atoms with van der Waals surface area (Å²) in [6.45, 7) is 8.62. The Hall–Kier alpha value is -1.73. The number of aliphatic imine (C=N–C) groups is 2. The smallest absolute Gasteiger partial charge is 0.358 e. The SMILES string of the molecule is Cc1cccc(C)c1N=C1C(=Nc2c(C)cccc2C)C2CCC1C2.[CH3-].[Ni+2]. The summed E-state index contributed by atoms with van der Waals surface area (Å²) in [6, 6.07) is 12.8. The van der Waals surface area contributed by atoms with Gasteiger partial charge >= 0.3 is 16.5 Å². The first-order valence-corrected chi connectivity index (χ1v) is 9.34. The van der Waals surface area contributed by atoms with Crippen molar-refractivity contribution < 1.29 is 16.5 Å². The number of nitrogens with zero attached hydrogens (tertiary/aromatic N) is 2. The summed E-state index contributed by atoms with van der Waals surface area (Å²) >= 11 is 0. The number of hydrogen-bond donors (Lipinski definition) is 0. The van der Waals surface area contributed by atoms with Crippen LogP contribution in [0.3, 0.4) is 0 Å². The monoisotopic (exact) mass is 403 g/mol. The number of aryl methyl sites for hydroxylation is 4. The average molecular weight is 404 g/mol. The maximum absolute atomic E-state index is 5.16. The Bertz CT molecular complexity index is 781. The molecule has 2 fully saturated rings. The minimum atomic E-state index is 0. The molecule has 2 saturated carbocycles. The number of fused-ring (bicyclic) bond motifs is 2. The summed E-state index contributed by atoms with van der Waals surface area (Å²) in [4.78, 5) is 10.3. The zero-order chi connectivity index (χ0) is 17.6. The molecule has 0 heterocycles. The van der Waals surface area contributed by atoms with Gasteiger partial charge in [-0.15, -0.1) is 0 Å². The van der Waals surface area contributed by atoms with Crippen LogP contribution in [0.15, 0.2) is 46.4 Å². The number of benzene rings is 2. The third kappa shape index (κ3) is 3.94. The molecule has 2 aliphatic carbocycles. The molecule has 0 saturated heterocycles. The van der Waals surface area contributed by atoms with E-state index in [9.17, 15) is 0 Å². The van der Waals surface area contributed by atoms with Gasteiger partial charge in [-0.3, -0.25) is 9.98 Å². The van der Waals surface area contributed by atoms with E-state index < -0.39 is 0 Å². The molecular weight excluding hydrogens is 375 g/mol. The van der Waals surface area contributed by atoms with Crippen molar-refractivity contribution in [1.29, 1.82) is 0 Å². The molecule has 2 nitrogen and oxygen atoms in total. The van der Waals surface area contributed by atoms with Crippen LogP contribution in [0.2, 0.25) is 0 Å². The van der Waals surface area contributed by atoms with Crippen LogP contribution in [-0.2, 0) is 16.5 Å². The first-order valence-electron chi connectivity index (χ1n) is 9.34. The van der Waals surface area contributed by atoms with Crippen molar-refractivity contribution in [3.63, 3.8) is 0 Å². The molecule has 2 unspecified atom stereocenters. The third-order valence-corrected chi connectivity index (χ3v) is 5.81. The zero-order valence-corrected chi connectivity index (χ0v) is 17.9. The van der Waals surface area contributed by atoms with Crippen molar-refractivity contribution in [2.75, 3.05) is 0 Å². The minimum Gasteiger partial charge on any atom is -0.358 e. The van der Waals surface area contributed by atoms with Gasteiger partial charge in [0.15, 0.2) is 0 Å². The molecule has 4 rings (SSSR count). The summed E-state index contributed by atoms with van der Waals surface area (Å²) in [5, 5.41) is 0. The fourth-order valence-electron chi connectivity index (χ4n) is 4.40. The van der Waals surface area contributed by atoms with Crippen molar-refractivity contribution in [2.24, 2.45) is 21.8 Å². The fourth-order valence-corrected chi connectivity index (χ4v) is 4.40. The van der Waals surface area contributed by atoms with E-state index in [4.69, 9.17) is 9.98 Å². The van der Waals surface area contributed by atoms with Crippen LogP contribution in [0, 0.1) is 47.0 Å². The largest absolute Gasteiger partial charge is 2.00 e. The van der Waals surface area contributed by atoms with Crippen LogP contribution >= 0.6 is 0 Å². The van der Waals surface area contributed by atoms with Gasteiger partial charge < -0.3 is 7.43 Å². The molecule has 2 aromatic carbocycles. The van der Waals surface area contributed by atoms with Gasteiger partial charge in [0.05, 0.1) is 22.8 Å². The summed E-state index contributed by atoms with van der Waals surface area (Å²) in [7, 11) is 0. The Morgan fingerprint density at radius 3 is 1.33 bits per heavy atom. The van der Waals surface area contributed by atoms with Crippen LogP contribution in [0.5, 0.6) is 0 Å². The molecule has 0 aromatic heterocycles. The van der Waals surface area contributed by atoms with Gasteiger partial charge in [0.25, 0.3) is 0 Å². The number of rotatable bonds is 2. The van der Waals surface area contributed by atoms with E-state index in [1.807, 2.05) is 0 Å². The minimum absolute atomic E-state index is 0. The predicted molar refractivity (Wildman–Crippen MR) is 113 cm³/mol. The average Bonchev–Trinajstić information content (AvgIpc) is 3.16. The molecule has 2 aromatic rings. The van der Waals surface area contributed by atoms with E-state index in [1.165, 1.54) is 52.9 Å². The summed E-state index contributed by atoms with van der Waals surface area (Å²) in [6.07, 6.45) is 3.76. The van der Waals surface area contributed by atoms with Gasteiger partial charge in [0.1, 0.15) is 0 Å². The van der Waals surface area contributed by atoms with Crippen molar-refractivity contribution in [2.45, 2.75) is 47.0 Å². The normalized spacial score (nSPS) is 23.4. The zero-order valence-electron chi connectivity index (χ0n) is 17.0. The molecule has 2 aliphatic rings. The van der Waals surface area contributed by atoms with Gasteiger partial charge in [0.2, 0.25) is 0 Å². The Morgan fingerprint density at radius 2 is 1.00 bits per heavy atom. The van der Waals surface area contributed by atoms with Crippen LogP contribution in [0.25, 0.3) is 0 Å². The molecular formula is C24H29N2Ni+. The Morgan fingerprint density at radius 1 is 0.667 bits per heavy atom. The van der Waals surface area contributed by atoms with Gasteiger partial charge in [0, 0.05) is 11.8 Å². The van der Waals surface area contributed by atoms with E-state index in [-0.39, 0.29) is 23.9 Å². The number of hydrogen-bond acceptors (Lipinski definition) is 2. The summed E-state index contributed by atoms with van der Waals surface area (Å²) in [5.41, 5.74) is 9.78. The molecule has 0 aliphatic heterocycles. The standard InChI is InChI=1S/C23H26N2.CH3.Ni/c1-14-7-5-8-15(2)20(14)24-22-18-11-12-19(13-18)23(22)25-21-16(3)9-6-10-17(21)4;;/h5-10,18-19H,11-13H2,1-4H3;1H3;/q;-1;+2. The molecule has 0 N–H and O–H groups in total. The molecule has 2 bridgehead atoms. The predicted octanol–water partition coefficient (Wildman–Crippen LogP) is 6.64. The van der Waals surface area contributed by atoms with Crippen molar-refractivity contribution >= 4 is 22.8 Å². The van der Waals surface area contributed by atoms with Gasteiger partial charge in [-0.05, 0) is 69.2 Å². The Labute approximate surface area is 174 Å². The van der Waals surface area contributed by atoms with Gasteiger partial charge in [-0.1, -0.05) is 36.4 Å². The van der Waals surface area contributed by atoms with Crippen LogP contribution < -0.4 is 0 Å². The Balaban J connectivity index is 0.00000131. The molecule has 144 valence electrons. The Kier molecular flexibility index (Phi) is 6.81.